The fourth-order valence-electron chi connectivity index (χ4n) is 3.54. The van der Waals surface area contributed by atoms with E-state index in [1.165, 1.54) is 11.1 Å². The molecule has 2 aromatic heterocycles. The lowest BCUT2D eigenvalue weighted by molar-refractivity contribution is 0.103. The van der Waals surface area contributed by atoms with Crippen molar-refractivity contribution in [1.82, 2.24) is 15.3 Å². The average Bonchev–Trinajstić information content (AvgIpc) is 2.74. The maximum absolute atomic E-state index is 12.8. The van der Waals surface area contributed by atoms with Gasteiger partial charge in [0.25, 0.3) is 0 Å². The van der Waals surface area contributed by atoms with Gasteiger partial charge in [-0.2, -0.15) is 0 Å². The number of carbonyl (C=O) groups is 1. The van der Waals surface area contributed by atoms with Gasteiger partial charge in [-0.25, -0.2) is 9.97 Å². The smallest absolute Gasteiger partial charge is 0.215 e. The highest BCUT2D eigenvalue weighted by Crippen LogP contribution is 2.23. The molecule has 0 saturated carbocycles. The Balaban J connectivity index is 0.00000160. The van der Waals surface area contributed by atoms with Crippen LogP contribution in [0.2, 0.25) is 0 Å². The quantitative estimate of drug-likeness (QED) is 0.675. The monoisotopic (exact) mass is 379 g/mol. The van der Waals surface area contributed by atoms with E-state index in [2.05, 4.69) is 51.4 Å². The molecule has 1 fully saturated rings. The summed E-state index contributed by atoms with van der Waals surface area (Å²) in [5.74, 6) is 0.812. The van der Waals surface area contributed by atoms with E-state index in [0.29, 0.717) is 11.3 Å². The van der Waals surface area contributed by atoms with Crippen LogP contribution in [0, 0.1) is 6.92 Å². The Morgan fingerprint density at radius 2 is 2.07 bits per heavy atom. The third-order valence-electron chi connectivity index (χ3n) is 4.99. The van der Waals surface area contributed by atoms with Crippen LogP contribution in [0.15, 0.2) is 60.8 Å². The van der Waals surface area contributed by atoms with Crippen molar-refractivity contribution in [2.45, 2.75) is 13.0 Å². The first-order valence-corrected chi connectivity index (χ1v) is 9.39. The number of rotatable bonds is 4. The molecule has 6 heteroatoms. The number of nitrogens with zero attached hydrogens (tertiary/aromatic N) is 3. The van der Waals surface area contributed by atoms with Crippen LogP contribution < -0.4 is 16.0 Å². The number of piperazine rings is 1. The molecule has 1 atom stereocenters. The zero-order valence-corrected chi connectivity index (χ0v) is 15.8. The van der Waals surface area contributed by atoms with Gasteiger partial charge in [0.15, 0.2) is 0 Å². The zero-order chi connectivity index (χ0) is 19.5. The number of hydrogen-bond donors (Lipinski definition) is 2. The summed E-state index contributed by atoms with van der Waals surface area (Å²) in [5.41, 5.74) is 9.12. The van der Waals surface area contributed by atoms with Crippen molar-refractivity contribution in [2.75, 3.05) is 30.3 Å². The first kappa shape index (κ1) is 18.1. The molecule has 0 spiro atoms. The molecule has 0 aliphatic carbocycles. The Morgan fingerprint density at radius 1 is 1.21 bits per heavy atom. The minimum Gasteiger partial charge on any atom is -0.383 e. The number of nitrogens with one attached hydrogen (secondary N) is 1. The second-order valence-electron chi connectivity index (χ2n) is 7.01. The van der Waals surface area contributed by atoms with E-state index >= 15 is 0 Å². The van der Waals surface area contributed by atoms with E-state index in [9.17, 15) is 4.79 Å². The maximum atomic E-state index is 12.8. The Labute approximate surface area is 168 Å². The minimum atomic E-state index is -0.210. The van der Waals surface area contributed by atoms with Crippen LogP contribution in [-0.2, 0) is 0 Å². The van der Waals surface area contributed by atoms with Gasteiger partial charge in [-0.15, -0.1) is 0 Å². The minimum absolute atomic E-state index is 0. The van der Waals surface area contributed by atoms with Gasteiger partial charge >= 0.3 is 0 Å². The van der Waals surface area contributed by atoms with E-state index in [4.69, 9.17) is 5.73 Å². The van der Waals surface area contributed by atoms with Gasteiger partial charge in [-0.3, -0.25) is 4.79 Å². The van der Waals surface area contributed by atoms with Gasteiger partial charge in [-0.05, 0) is 36.8 Å². The number of aromatic nitrogens is 2. The summed E-state index contributed by atoms with van der Waals surface area (Å²) in [5, 5.41) is 3.57. The topological polar surface area (TPSA) is 84.1 Å². The molecule has 0 amide bonds. The second kappa shape index (κ2) is 7.78. The summed E-state index contributed by atoms with van der Waals surface area (Å²) in [6, 6.07) is 17.7. The molecule has 1 unspecified atom stereocenters. The number of benzene rings is 1. The molecule has 0 bridgehead atoms. The van der Waals surface area contributed by atoms with Crippen LogP contribution >= 0.6 is 0 Å². The summed E-state index contributed by atoms with van der Waals surface area (Å²) in [6.45, 7) is 4.59. The number of ketones is 1. The fraction of sp³-hybridized carbons (Fsp3) is 0.227. The lowest BCUT2D eigenvalue weighted by Gasteiger charge is -2.35. The number of aryl methyl sites for hydroxylation is 1. The fourth-order valence-corrected chi connectivity index (χ4v) is 3.54. The SMILES string of the molecule is Cc1cccc(C2CN(c3cccc(C(=O)c4cccnc4N)n3)CCN2)c1.[HH].[HH].[HH]. The van der Waals surface area contributed by atoms with Gasteiger partial charge in [-0.1, -0.05) is 35.9 Å². The molecule has 1 aromatic carbocycles. The Kier molecular flexibility index (Phi) is 5.04. The second-order valence-corrected chi connectivity index (χ2v) is 7.01. The molecule has 3 N–H and O–H groups in total. The zero-order valence-electron chi connectivity index (χ0n) is 15.8. The van der Waals surface area contributed by atoms with E-state index in [0.717, 1.165) is 25.5 Å². The highest BCUT2D eigenvalue weighted by molar-refractivity contribution is 6.10. The third kappa shape index (κ3) is 3.73. The number of anilines is 2. The predicted octanol–water partition coefficient (Wildman–Crippen LogP) is 3.49. The maximum Gasteiger partial charge on any atom is 0.215 e. The lowest BCUT2D eigenvalue weighted by Crippen LogP contribution is -2.46. The molecule has 1 aliphatic heterocycles. The van der Waals surface area contributed by atoms with Crippen molar-refractivity contribution in [3.05, 3.63) is 83.2 Å². The largest absolute Gasteiger partial charge is 0.383 e. The number of pyridine rings is 2. The molecule has 28 heavy (non-hydrogen) atoms. The summed E-state index contributed by atoms with van der Waals surface area (Å²) in [7, 11) is 0. The first-order valence-electron chi connectivity index (χ1n) is 9.39. The molecular weight excluding hydrogens is 350 g/mol. The van der Waals surface area contributed by atoms with Crippen molar-refractivity contribution in [2.24, 2.45) is 0 Å². The molecule has 1 aliphatic rings. The normalized spacial score (nSPS) is 16.8. The van der Waals surface area contributed by atoms with Gasteiger partial charge < -0.3 is 16.0 Å². The average molecular weight is 380 g/mol. The Morgan fingerprint density at radius 3 is 2.89 bits per heavy atom. The first-order chi connectivity index (χ1) is 13.6. The van der Waals surface area contributed by atoms with Crippen molar-refractivity contribution in [1.29, 1.82) is 0 Å². The van der Waals surface area contributed by atoms with Crippen molar-refractivity contribution in [3.8, 4) is 0 Å². The molecular formula is C22H29N5O. The van der Waals surface area contributed by atoms with Crippen molar-refractivity contribution < 1.29 is 9.07 Å². The third-order valence-corrected chi connectivity index (χ3v) is 4.99. The summed E-state index contributed by atoms with van der Waals surface area (Å²) >= 11 is 0. The van der Waals surface area contributed by atoms with Crippen LogP contribution in [0.4, 0.5) is 11.6 Å². The van der Waals surface area contributed by atoms with E-state index in [1.54, 1.807) is 24.4 Å². The molecule has 3 aromatic rings. The van der Waals surface area contributed by atoms with Crippen molar-refractivity contribution in [3.63, 3.8) is 0 Å². The van der Waals surface area contributed by atoms with Crippen LogP contribution in [-0.4, -0.2) is 35.4 Å². The van der Waals surface area contributed by atoms with E-state index < -0.39 is 0 Å². The van der Waals surface area contributed by atoms with E-state index in [1.807, 2.05) is 12.1 Å². The standard InChI is InChI=1S/C22H23N5O.3H2/c1-15-5-2-6-16(13-15)19-14-27(12-11-24-19)20-9-3-8-18(26-20)21(28)17-7-4-10-25-22(17)23;;;/h2-10,13,19,24H,11-12,14H2,1H3,(H2,23,25);3*1H. The molecule has 4 rings (SSSR count). The van der Waals surface area contributed by atoms with Gasteiger partial charge in [0, 0.05) is 36.2 Å². The van der Waals surface area contributed by atoms with Gasteiger partial charge in [0.1, 0.15) is 17.3 Å². The van der Waals surface area contributed by atoms with E-state index in [-0.39, 0.29) is 21.9 Å². The molecule has 0 radical (unpaired) electrons. The number of nitrogen functional groups attached to an aromatic ring is 1. The van der Waals surface area contributed by atoms with Gasteiger partial charge in [0.05, 0.1) is 5.56 Å². The highest BCUT2D eigenvalue weighted by Gasteiger charge is 2.23. The summed E-state index contributed by atoms with van der Waals surface area (Å²) in [4.78, 5) is 23.7. The molecule has 148 valence electrons. The highest BCUT2D eigenvalue weighted by atomic mass is 16.1. The van der Waals surface area contributed by atoms with Gasteiger partial charge in [0.2, 0.25) is 5.78 Å². The van der Waals surface area contributed by atoms with Crippen LogP contribution in [0.25, 0.3) is 0 Å². The Bertz CT molecular complexity index is 1020. The van der Waals surface area contributed by atoms with Crippen LogP contribution in [0.1, 0.15) is 37.5 Å². The number of carbonyl (C=O) groups excluding carboxylic acids is 1. The Hall–Kier alpha value is -3.25. The molecule has 6 nitrogen and oxygen atoms in total. The number of nitrogens with two attached hydrogens (primary N) is 1. The summed E-state index contributed by atoms with van der Waals surface area (Å²) in [6.07, 6.45) is 1.57. The molecule has 3 heterocycles. The molecule has 1 saturated heterocycles. The predicted molar refractivity (Wildman–Crippen MR) is 117 cm³/mol. The summed E-state index contributed by atoms with van der Waals surface area (Å²) < 4.78 is 0. The van der Waals surface area contributed by atoms with Crippen LogP contribution in [0.3, 0.4) is 0 Å². The van der Waals surface area contributed by atoms with Crippen molar-refractivity contribution >= 4 is 17.4 Å². The van der Waals surface area contributed by atoms with Crippen LogP contribution in [0.5, 0.6) is 0 Å². The lowest BCUT2D eigenvalue weighted by atomic mass is 10.0. The number of hydrogen-bond acceptors (Lipinski definition) is 6.